The van der Waals surface area contributed by atoms with Crippen molar-refractivity contribution in [1.29, 1.82) is 0 Å². The second-order valence-corrected chi connectivity index (χ2v) is 6.19. The van der Waals surface area contributed by atoms with Crippen molar-refractivity contribution in [3.8, 4) is 0 Å². The second-order valence-electron chi connectivity index (χ2n) is 4.21. The molecule has 0 saturated carbocycles. The number of methoxy groups -OCH3 is 1. The van der Waals surface area contributed by atoms with Gasteiger partial charge in [-0.3, -0.25) is 0 Å². The minimum Gasteiger partial charge on any atom is -0.383 e. The maximum absolute atomic E-state index is 11.6. The van der Waals surface area contributed by atoms with Gasteiger partial charge in [0.05, 0.1) is 12.6 Å². The van der Waals surface area contributed by atoms with Gasteiger partial charge >= 0.3 is 0 Å². The quantitative estimate of drug-likeness (QED) is 0.818. The van der Waals surface area contributed by atoms with Gasteiger partial charge in [-0.15, -0.1) is 0 Å². The topological polar surface area (TPSA) is 68.3 Å². The molecule has 1 unspecified atom stereocenters. The molecule has 18 heavy (non-hydrogen) atoms. The molecule has 0 saturated heterocycles. The molecule has 0 radical (unpaired) electrons. The summed E-state index contributed by atoms with van der Waals surface area (Å²) in [7, 11) is -1.65. The summed E-state index contributed by atoms with van der Waals surface area (Å²) in [5, 5.41) is 3.14. The lowest BCUT2D eigenvalue weighted by Gasteiger charge is -2.19. The highest BCUT2D eigenvalue weighted by Crippen LogP contribution is 2.19. The molecule has 0 bridgehead atoms. The normalized spacial score (nSPS) is 13.3. The number of hydrogen-bond acceptors (Lipinski definition) is 5. The molecule has 1 heterocycles. The molecular formula is C12H20N2O3S. The Hall–Kier alpha value is -1.14. The van der Waals surface area contributed by atoms with Crippen LogP contribution in [0.4, 0.5) is 5.82 Å². The predicted molar refractivity (Wildman–Crippen MR) is 71.5 cm³/mol. The van der Waals surface area contributed by atoms with Crippen LogP contribution in [0.25, 0.3) is 0 Å². The standard InChI is InChI=1S/C12H20N2O3S/c1-4-6-10(9-17-2)14-12-11(18(3,15)16)7-5-8-13-12/h5,7-8,10H,4,6,9H2,1-3H3,(H,13,14). The Morgan fingerprint density at radius 1 is 1.50 bits per heavy atom. The van der Waals surface area contributed by atoms with Crippen LogP contribution in [-0.4, -0.2) is 39.4 Å². The van der Waals surface area contributed by atoms with Gasteiger partial charge in [0.15, 0.2) is 9.84 Å². The SMILES string of the molecule is CCCC(COC)Nc1ncccc1S(C)(=O)=O. The highest BCUT2D eigenvalue weighted by molar-refractivity contribution is 7.90. The number of hydrogen-bond donors (Lipinski definition) is 1. The number of rotatable bonds is 7. The van der Waals surface area contributed by atoms with E-state index in [-0.39, 0.29) is 10.9 Å². The number of anilines is 1. The van der Waals surface area contributed by atoms with Gasteiger partial charge in [0, 0.05) is 19.6 Å². The van der Waals surface area contributed by atoms with E-state index in [0.29, 0.717) is 12.4 Å². The zero-order valence-corrected chi connectivity index (χ0v) is 11.8. The van der Waals surface area contributed by atoms with Crippen molar-refractivity contribution in [2.45, 2.75) is 30.7 Å². The van der Waals surface area contributed by atoms with Gasteiger partial charge in [-0.05, 0) is 18.6 Å². The van der Waals surface area contributed by atoms with E-state index in [1.807, 2.05) is 0 Å². The van der Waals surface area contributed by atoms with Crippen LogP contribution in [0.3, 0.4) is 0 Å². The molecule has 1 N–H and O–H groups in total. The first-order valence-corrected chi connectivity index (χ1v) is 7.78. The number of ether oxygens (including phenoxy) is 1. The molecule has 0 aliphatic rings. The molecular weight excluding hydrogens is 252 g/mol. The third kappa shape index (κ3) is 4.27. The third-order valence-electron chi connectivity index (χ3n) is 2.52. The first-order valence-electron chi connectivity index (χ1n) is 5.89. The van der Waals surface area contributed by atoms with Crippen LogP contribution in [0.1, 0.15) is 19.8 Å². The van der Waals surface area contributed by atoms with Crippen LogP contribution < -0.4 is 5.32 Å². The molecule has 0 spiro atoms. The first-order chi connectivity index (χ1) is 8.49. The molecule has 0 aliphatic heterocycles. The van der Waals surface area contributed by atoms with Gasteiger partial charge < -0.3 is 10.1 Å². The Labute approximate surface area is 108 Å². The lowest BCUT2D eigenvalue weighted by atomic mass is 10.2. The third-order valence-corrected chi connectivity index (χ3v) is 3.64. The maximum Gasteiger partial charge on any atom is 0.179 e. The zero-order chi connectivity index (χ0) is 13.6. The number of nitrogens with zero attached hydrogens (tertiary/aromatic N) is 1. The highest BCUT2D eigenvalue weighted by Gasteiger charge is 2.16. The number of aromatic nitrogens is 1. The van der Waals surface area contributed by atoms with Crippen LogP contribution in [-0.2, 0) is 14.6 Å². The minimum absolute atomic E-state index is 0.0652. The van der Waals surface area contributed by atoms with Crippen LogP contribution >= 0.6 is 0 Å². The lowest BCUT2D eigenvalue weighted by molar-refractivity contribution is 0.182. The van der Waals surface area contributed by atoms with Crippen molar-refractivity contribution in [3.63, 3.8) is 0 Å². The molecule has 1 atom stereocenters. The highest BCUT2D eigenvalue weighted by atomic mass is 32.2. The van der Waals surface area contributed by atoms with Gasteiger partial charge in [-0.25, -0.2) is 13.4 Å². The van der Waals surface area contributed by atoms with Gasteiger partial charge in [0.2, 0.25) is 0 Å². The van der Waals surface area contributed by atoms with E-state index in [0.717, 1.165) is 12.8 Å². The number of pyridine rings is 1. The molecule has 0 aromatic carbocycles. The zero-order valence-electron chi connectivity index (χ0n) is 11.0. The second kappa shape index (κ2) is 6.70. The monoisotopic (exact) mass is 272 g/mol. The summed E-state index contributed by atoms with van der Waals surface area (Å²) in [4.78, 5) is 4.33. The summed E-state index contributed by atoms with van der Waals surface area (Å²) in [6.07, 6.45) is 4.64. The van der Waals surface area contributed by atoms with E-state index >= 15 is 0 Å². The van der Waals surface area contributed by atoms with Crippen LogP contribution in [0.15, 0.2) is 23.2 Å². The van der Waals surface area contributed by atoms with Crippen molar-refractivity contribution in [2.75, 3.05) is 25.3 Å². The summed E-state index contributed by atoms with van der Waals surface area (Å²) in [5.41, 5.74) is 0. The average Bonchev–Trinajstić information content (AvgIpc) is 2.29. The van der Waals surface area contributed by atoms with Gasteiger partial charge in [0.25, 0.3) is 0 Å². The summed E-state index contributed by atoms with van der Waals surface area (Å²) in [6.45, 7) is 2.59. The average molecular weight is 272 g/mol. The minimum atomic E-state index is -3.27. The molecule has 0 aliphatic carbocycles. The Morgan fingerprint density at radius 3 is 2.78 bits per heavy atom. The largest absolute Gasteiger partial charge is 0.383 e. The molecule has 1 rings (SSSR count). The summed E-state index contributed by atoms with van der Waals surface area (Å²) >= 11 is 0. The van der Waals surface area contributed by atoms with E-state index in [1.54, 1.807) is 25.4 Å². The lowest BCUT2D eigenvalue weighted by Crippen LogP contribution is -2.26. The van der Waals surface area contributed by atoms with E-state index in [4.69, 9.17) is 4.74 Å². The Kier molecular flexibility index (Phi) is 5.55. The Balaban J connectivity index is 2.95. The molecule has 102 valence electrons. The molecule has 1 aromatic rings. The van der Waals surface area contributed by atoms with Crippen LogP contribution in [0, 0.1) is 0 Å². The maximum atomic E-state index is 11.6. The summed E-state index contributed by atoms with van der Waals surface area (Å²) < 4.78 is 28.4. The fraction of sp³-hybridized carbons (Fsp3) is 0.583. The van der Waals surface area contributed by atoms with E-state index < -0.39 is 9.84 Å². The van der Waals surface area contributed by atoms with Gasteiger partial charge in [-0.2, -0.15) is 0 Å². The molecule has 5 nitrogen and oxygen atoms in total. The Morgan fingerprint density at radius 2 is 2.22 bits per heavy atom. The Bertz CT molecular complexity index is 468. The van der Waals surface area contributed by atoms with Crippen LogP contribution in [0.2, 0.25) is 0 Å². The van der Waals surface area contributed by atoms with Gasteiger partial charge in [-0.1, -0.05) is 13.3 Å². The van der Waals surface area contributed by atoms with Gasteiger partial charge in [0.1, 0.15) is 10.7 Å². The van der Waals surface area contributed by atoms with E-state index in [9.17, 15) is 8.42 Å². The van der Waals surface area contributed by atoms with Crippen molar-refractivity contribution in [2.24, 2.45) is 0 Å². The molecule has 0 fully saturated rings. The molecule has 1 aromatic heterocycles. The van der Waals surface area contributed by atoms with Crippen molar-refractivity contribution >= 4 is 15.7 Å². The van der Waals surface area contributed by atoms with Crippen molar-refractivity contribution in [3.05, 3.63) is 18.3 Å². The summed E-state index contributed by atoms with van der Waals surface area (Å²) in [5.74, 6) is 0.399. The van der Waals surface area contributed by atoms with E-state index in [1.165, 1.54) is 6.26 Å². The molecule has 6 heteroatoms. The fourth-order valence-corrected chi connectivity index (χ4v) is 2.53. The fourth-order valence-electron chi connectivity index (χ4n) is 1.74. The first kappa shape index (κ1) is 14.9. The van der Waals surface area contributed by atoms with Crippen molar-refractivity contribution < 1.29 is 13.2 Å². The van der Waals surface area contributed by atoms with E-state index in [2.05, 4.69) is 17.2 Å². The van der Waals surface area contributed by atoms with Crippen molar-refractivity contribution in [1.82, 2.24) is 4.98 Å². The number of sulfone groups is 1. The molecule has 0 amide bonds. The van der Waals surface area contributed by atoms with Crippen LogP contribution in [0.5, 0.6) is 0 Å². The number of nitrogens with one attached hydrogen (secondary N) is 1. The summed E-state index contributed by atoms with van der Waals surface area (Å²) in [6, 6.07) is 3.24. The smallest absolute Gasteiger partial charge is 0.179 e. The predicted octanol–water partition coefficient (Wildman–Crippen LogP) is 1.71.